The number of rotatable bonds is 8. The highest BCUT2D eigenvalue weighted by Gasteiger charge is 2.29. The maximum absolute atomic E-state index is 13.2. The molecule has 1 atom stereocenters. The number of halogens is 1. The zero-order valence-electron chi connectivity index (χ0n) is 17.4. The van der Waals surface area contributed by atoms with E-state index in [1.54, 1.807) is 55.5 Å². The number of sulfonamides is 1. The predicted octanol–water partition coefficient (Wildman–Crippen LogP) is 2.58. The van der Waals surface area contributed by atoms with Gasteiger partial charge in [-0.05, 0) is 43.7 Å². The highest BCUT2D eigenvalue weighted by atomic mass is 35.5. The number of benzene rings is 2. The number of aryl methyl sites for hydroxylation is 1. The number of nitrogens with one attached hydrogen (secondary N) is 1. The number of amides is 2. The number of hydrogen-bond donors (Lipinski definition) is 1. The molecule has 0 heterocycles. The molecular formula is C21H26ClN3O4S. The topological polar surface area (TPSA) is 86.8 Å². The second kappa shape index (κ2) is 9.95. The van der Waals surface area contributed by atoms with E-state index in [0.717, 1.165) is 21.7 Å². The van der Waals surface area contributed by atoms with Gasteiger partial charge in [0.15, 0.2) is 0 Å². The van der Waals surface area contributed by atoms with E-state index < -0.39 is 28.5 Å². The van der Waals surface area contributed by atoms with Crippen molar-refractivity contribution in [2.45, 2.75) is 26.4 Å². The quantitative estimate of drug-likeness (QED) is 0.668. The van der Waals surface area contributed by atoms with Gasteiger partial charge in [-0.1, -0.05) is 41.4 Å². The number of likely N-dealkylation sites (N-methyl/N-ethyl adjacent to an activating group) is 1. The van der Waals surface area contributed by atoms with Crippen LogP contribution in [0.3, 0.4) is 0 Å². The van der Waals surface area contributed by atoms with E-state index in [-0.39, 0.29) is 12.5 Å². The van der Waals surface area contributed by atoms with Crippen molar-refractivity contribution in [2.24, 2.45) is 0 Å². The molecule has 30 heavy (non-hydrogen) atoms. The summed E-state index contributed by atoms with van der Waals surface area (Å²) in [5.74, 6) is -0.842. The summed E-state index contributed by atoms with van der Waals surface area (Å²) in [6.07, 6.45) is 1.05. The molecule has 0 aliphatic heterocycles. The van der Waals surface area contributed by atoms with Crippen molar-refractivity contribution in [2.75, 3.05) is 24.2 Å². The number of anilines is 1. The third-order valence-corrected chi connectivity index (χ3v) is 6.07. The number of nitrogens with zero attached hydrogens (tertiary/aromatic N) is 2. The van der Waals surface area contributed by atoms with Gasteiger partial charge in [0.1, 0.15) is 12.6 Å². The van der Waals surface area contributed by atoms with Gasteiger partial charge in [0, 0.05) is 18.6 Å². The van der Waals surface area contributed by atoms with Crippen LogP contribution >= 0.6 is 11.6 Å². The van der Waals surface area contributed by atoms with Crippen molar-refractivity contribution >= 4 is 39.1 Å². The van der Waals surface area contributed by atoms with Crippen molar-refractivity contribution in [1.29, 1.82) is 0 Å². The minimum atomic E-state index is -3.72. The molecule has 0 aliphatic rings. The Bertz CT molecular complexity index is 992. The van der Waals surface area contributed by atoms with Gasteiger partial charge in [0.25, 0.3) is 0 Å². The van der Waals surface area contributed by atoms with Crippen LogP contribution in [0.25, 0.3) is 0 Å². The molecule has 0 fully saturated rings. The smallest absolute Gasteiger partial charge is 0.244 e. The molecule has 2 aromatic carbocycles. The van der Waals surface area contributed by atoms with Crippen molar-refractivity contribution in [3.8, 4) is 0 Å². The fourth-order valence-corrected chi connectivity index (χ4v) is 3.88. The SMILES string of the molecule is CNC(=O)[C@@H](C)N(Cc1ccc(Cl)cc1)C(=O)CN(c1ccc(C)cc1)S(C)(=O)=O. The second-order valence-corrected chi connectivity index (χ2v) is 9.39. The van der Waals surface area contributed by atoms with E-state index in [1.807, 2.05) is 6.92 Å². The first-order valence-corrected chi connectivity index (χ1v) is 11.6. The summed E-state index contributed by atoms with van der Waals surface area (Å²) >= 11 is 5.93. The lowest BCUT2D eigenvalue weighted by Crippen LogP contribution is -2.50. The zero-order chi connectivity index (χ0) is 22.5. The summed E-state index contributed by atoms with van der Waals surface area (Å²) in [5, 5.41) is 3.08. The van der Waals surface area contributed by atoms with Crippen LogP contribution in [0, 0.1) is 6.92 Å². The van der Waals surface area contributed by atoms with E-state index >= 15 is 0 Å². The first kappa shape index (κ1) is 23.7. The molecule has 9 heteroatoms. The maximum atomic E-state index is 13.2. The second-order valence-electron chi connectivity index (χ2n) is 7.04. The highest BCUT2D eigenvalue weighted by molar-refractivity contribution is 7.92. The largest absolute Gasteiger partial charge is 0.357 e. The summed E-state index contributed by atoms with van der Waals surface area (Å²) < 4.78 is 25.8. The molecule has 7 nitrogen and oxygen atoms in total. The third kappa shape index (κ3) is 6.21. The lowest BCUT2D eigenvalue weighted by molar-refractivity contribution is -0.139. The Morgan fingerprint density at radius 1 is 1.07 bits per heavy atom. The maximum Gasteiger partial charge on any atom is 0.244 e. The lowest BCUT2D eigenvalue weighted by atomic mass is 10.1. The Kier molecular flexibility index (Phi) is 7.86. The molecule has 2 aromatic rings. The summed E-state index contributed by atoms with van der Waals surface area (Å²) in [4.78, 5) is 26.8. The van der Waals surface area contributed by atoms with Crippen molar-refractivity contribution < 1.29 is 18.0 Å². The minimum absolute atomic E-state index is 0.135. The van der Waals surface area contributed by atoms with Gasteiger partial charge in [0.05, 0.1) is 11.9 Å². The first-order valence-electron chi connectivity index (χ1n) is 9.33. The first-order chi connectivity index (χ1) is 14.0. The normalized spacial score (nSPS) is 12.2. The fourth-order valence-electron chi connectivity index (χ4n) is 2.90. The number of hydrogen-bond acceptors (Lipinski definition) is 4. The molecule has 0 saturated heterocycles. The Labute approximate surface area is 182 Å². The standard InChI is InChI=1S/C21H26ClN3O4S/c1-15-5-11-19(12-6-15)25(30(4,28)29)14-20(26)24(16(2)21(27)23-3)13-17-7-9-18(22)10-8-17/h5-12,16H,13-14H2,1-4H3,(H,23,27)/t16-/m1/s1. The van der Waals surface area contributed by atoms with Crippen LogP contribution in [-0.2, 0) is 26.2 Å². The summed E-state index contributed by atoms with van der Waals surface area (Å²) in [5.41, 5.74) is 2.12. The Hall–Kier alpha value is -2.58. The van der Waals surface area contributed by atoms with E-state index in [1.165, 1.54) is 11.9 Å². The average Bonchev–Trinajstić information content (AvgIpc) is 2.70. The molecule has 0 radical (unpaired) electrons. The monoisotopic (exact) mass is 451 g/mol. The molecular weight excluding hydrogens is 426 g/mol. The predicted molar refractivity (Wildman–Crippen MR) is 119 cm³/mol. The van der Waals surface area contributed by atoms with Gasteiger partial charge in [0.2, 0.25) is 21.8 Å². The lowest BCUT2D eigenvalue weighted by Gasteiger charge is -2.31. The van der Waals surface area contributed by atoms with Gasteiger partial charge < -0.3 is 10.2 Å². The molecule has 0 saturated carbocycles. The molecule has 2 rings (SSSR count). The van der Waals surface area contributed by atoms with Gasteiger partial charge >= 0.3 is 0 Å². The van der Waals surface area contributed by atoms with Crippen LogP contribution in [0.1, 0.15) is 18.1 Å². The van der Waals surface area contributed by atoms with Crippen molar-refractivity contribution in [3.05, 3.63) is 64.7 Å². The Balaban J connectivity index is 2.35. The van der Waals surface area contributed by atoms with Crippen molar-refractivity contribution in [1.82, 2.24) is 10.2 Å². The summed E-state index contributed by atoms with van der Waals surface area (Å²) in [6.45, 7) is 3.20. The molecule has 0 aromatic heterocycles. The van der Waals surface area contributed by atoms with Crippen LogP contribution < -0.4 is 9.62 Å². The molecule has 162 valence electrons. The molecule has 0 bridgehead atoms. The van der Waals surface area contributed by atoms with Crippen LogP contribution in [0.15, 0.2) is 48.5 Å². The molecule has 0 unspecified atom stereocenters. The molecule has 1 N–H and O–H groups in total. The highest BCUT2D eigenvalue weighted by Crippen LogP contribution is 2.20. The van der Waals surface area contributed by atoms with E-state index in [0.29, 0.717) is 10.7 Å². The van der Waals surface area contributed by atoms with Crippen LogP contribution in [0.5, 0.6) is 0 Å². The van der Waals surface area contributed by atoms with E-state index in [9.17, 15) is 18.0 Å². The summed E-state index contributed by atoms with van der Waals surface area (Å²) in [7, 11) is -2.24. The third-order valence-electron chi connectivity index (χ3n) is 4.68. The molecule has 0 aliphatic carbocycles. The van der Waals surface area contributed by atoms with Crippen molar-refractivity contribution in [3.63, 3.8) is 0 Å². The average molecular weight is 452 g/mol. The Morgan fingerprint density at radius 2 is 1.63 bits per heavy atom. The van der Waals surface area contributed by atoms with Gasteiger partial charge in [-0.25, -0.2) is 8.42 Å². The number of carbonyl (C=O) groups is 2. The number of carbonyl (C=O) groups excluding carboxylic acids is 2. The van der Waals surface area contributed by atoms with Gasteiger partial charge in [-0.2, -0.15) is 0 Å². The molecule has 0 spiro atoms. The van der Waals surface area contributed by atoms with Crippen LogP contribution in [0.4, 0.5) is 5.69 Å². The summed E-state index contributed by atoms with van der Waals surface area (Å²) in [6, 6.07) is 13.0. The van der Waals surface area contributed by atoms with Crippen LogP contribution in [-0.4, -0.2) is 51.0 Å². The minimum Gasteiger partial charge on any atom is -0.357 e. The van der Waals surface area contributed by atoms with E-state index in [4.69, 9.17) is 11.6 Å². The van der Waals surface area contributed by atoms with Gasteiger partial charge in [-0.15, -0.1) is 0 Å². The van der Waals surface area contributed by atoms with Gasteiger partial charge in [-0.3, -0.25) is 13.9 Å². The van der Waals surface area contributed by atoms with E-state index in [2.05, 4.69) is 5.32 Å². The fraction of sp³-hybridized carbons (Fsp3) is 0.333. The zero-order valence-corrected chi connectivity index (χ0v) is 19.0. The Morgan fingerprint density at radius 3 is 2.13 bits per heavy atom. The molecule has 2 amide bonds. The van der Waals surface area contributed by atoms with Crippen LogP contribution in [0.2, 0.25) is 5.02 Å².